The second-order valence-corrected chi connectivity index (χ2v) is 6.05. The zero-order chi connectivity index (χ0) is 14.4. The Hall–Kier alpha value is -1.41. The molecule has 1 nitrogen and oxygen atoms in total. The average Bonchev–Trinajstić information content (AvgIpc) is 2.48. The minimum atomic E-state index is 0.875. The highest BCUT2D eigenvalue weighted by Gasteiger charge is 1.95. The molecule has 0 spiro atoms. The summed E-state index contributed by atoms with van der Waals surface area (Å²) in [4.78, 5) is 1.17. The van der Waals surface area contributed by atoms with E-state index < -0.39 is 0 Å². The van der Waals surface area contributed by atoms with Gasteiger partial charge < -0.3 is 4.74 Å². The van der Waals surface area contributed by atoms with E-state index in [1.165, 1.54) is 10.5 Å². The molecule has 2 aromatic carbocycles. The zero-order valence-electron chi connectivity index (χ0n) is 11.4. The summed E-state index contributed by atoms with van der Waals surface area (Å²) in [5, 5.41) is 1.99. The second kappa shape index (κ2) is 7.39. The maximum Gasteiger partial charge on any atom is 0.118 e. The first-order chi connectivity index (χ1) is 9.69. The number of ether oxygens (including phenoxy) is 1. The summed E-state index contributed by atoms with van der Waals surface area (Å²) in [6.07, 6.45) is 0. The molecular formula is C17H15BrOS. The molecule has 0 atom stereocenters. The van der Waals surface area contributed by atoms with Crippen molar-refractivity contribution in [3.05, 3.63) is 69.7 Å². The topological polar surface area (TPSA) is 9.23 Å². The van der Waals surface area contributed by atoms with Gasteiger partial charge in [-0.05, 0) is 54.5 Å². The minimum absolute atomic E-state index is 0.875. The maximum atomic E-state index is 5.14. The van der Waals surface area contributed by atoms with Crippen LogP contribution in [0.5, 0.6) is 5.75 Å². The lowest BCUT2D eigenvalue weighted by atomic mass is 10.1. The smallest absolute Gasteiger partial charge is 0.118 e. The number of rotatable bonds is 4. The van der Waals surface area contributed by atoms with Crippen LogP contribution in [0.25, 0.3) is 5.57 Å². The molecule has 2 rings (SSSR count). The highest BCUT2D eigenvalue weighted by atomic mass is 79.9. The first kappa shape index (κ1) is 15.0. The Morgan fingerprint density at radius 2 is 1.75 bits per heavy atom. The number of allylic oxidation sites excluding steroid dienone is 1. The van der Waals surface area contributed by atoms with Gasteiger partial charge in [-0.25, -0.2) is 0 Å². The minimum Gasteiger partial charge on any atom is -0.497 e. The molecule has 0 heterocycles. The summed E-state index contributed by atoms with van der Waals surface area (Å²) < 4.78 is 6.22. The fourth-order valence-electron chi connectivity index (χ4n) is 1.62. The molecule has 0 aliphatic heterocycles. The Labute approximate surface area is 132 Å². The van der Waals surface area contributed by atoms with E-state index in [-0.39, 0.29) is 0 Å². The number of thioether (sulfide) groups is 1. The highest BCUT2D eigenvalue weighted by molar-refractivity contribution is 9.10. The Morgan fingerprint density at radius 3 is 2.35 bits per heavy atom. The lowest BCUT2D eigenvalue weighted by Crippen LogP contribution is -1.80. The molecule has 0 saturated heterocycles. The molecule has 2 aromatic rings. The van der Waals surface area contributed by atoms with E-state index in [1.54, 1.807) is 18.9 Å². The quantitative estimate of drug-likeness (QED) is 0.513. The van der Waals surface area contributed by atoms with Crippen LogP contribution < -0.4 is 4.74 Å². The normalized spacial score (nSPS) is 9.75. The van der Waals surface area contributed by atoms with Crippen molar-refractivity contribution < 1.29 is 4.74 Å². The van der Waals surface area contributed by atoms with Crippen LogP contribution in [0, 0.1) is 0 Å². The lowest BCUT2D eigenvalue weighted by molar-refractivity contribution is 0.414. The number of hydrogen-bond acceptors (Lipinski definition) is 2. The molecule has 0 radical (unpaired) electrons. The van der Waals surface area contributed by atoms with E-state index in [1.807, 2.05) is 41.8 Å². The van der Waals surface area contributed by atoms with E-state index in [0.29, 0.717) is 0 Å². The summed E-state index contributed by atoms with van der Waals surface area (Å²) >= 11 is 5.08. The summed E-state index contributed by atoms with van der Waals surface area (Å²) in [5.41, 5.74) is 5.61. The van der Waals surface area contributed by atoms with Crippen molar-refractivity contribution in [1.82, 2.24) is 0 Å². The van der Waals surface area contributed by atoms with E-state index in [2.05, 4.69) is 40.7 Å². The summed E-state index contributed by atoms with van der Waals surface area (Å²) in [6.45, 7) is 2.06. The molecule has 0 aliphatic rings. The Balaban J connectivity index is 2.07. The van der Waals surface area contributed by atoms with Gasteiger partial charge in [0.1, 0.15) is 5.75 Å². The molecule has 0 amide bonds. The van der Waals surface area contributed by atoms with Crippen LogP contribution in [0.1, 0.15) is 12.5 Å². The van der Waals surface area contributed by atoms with E-state index >= 15 is 0 Å². The van der Waals surface area contributed by atoms with Gasteiger partial charge in [-0.1, -0.05) is 39.8 Å². The van der Waals surface area contributed by atoms with Gasteiger partial charge in [0.15, 0.2) is 0 Å². The number of hydrogen-bond donors (Lipinski definition) is 0. The molecule has 0 fully saturated rings. The first-order valence-corrected chi connectivity index (χ1v) is 7.85. The van der Waals surface area contributed by atoms with Crippen LogP contribution in [-0.2, 0) is 0 Å². The predicted octanol–water partition coefficient (Wildman–Crippen LogP) is 5.77. The van der Waals surface area contributed by atoms with Crippen LogP contribution in [0.15, 0.2) is 69.0 Å². The van der Waals surface area contributed by atoms with Crippen molar-refractivity contribution in [2.24, 2.45) is 0 Å². The number of benzene rings is 2. The first-order valence-electron chi connectivity index (χ1n) is 6.17. The van der Waals surface area contributed by atoms with Crippen molar-refractivity contribution in [1.29, 1.82) is 0 Å². The third-order valence-electron chi connectivity index (χ3n) is 2.81. The van der Waals surface area contributed by atoms with Crippen LogP contribution in [-0.4, -0.2) is 7.11 Å². The largest absolute Gasteiger partial charge is 0.497 e. The van der Waals surface area contributed by atoms with Crippen molar-refractivity contribution in [2.45, 2.75) is 11.8 Å². The number of halogens is 1. The van der Waals surface area contributed by atoms with E-state index in [0.717, 1.165) is 15.8 Å². The van der Waals surface area contributed by atoms with Gasteiger partial charge in [0.05, 0.1) is 7.11 Å². The molecule has 102 valence electrons. The van der Waals surface area contributed by atoms with Crippen molar-refractivity contribution in [2.75, 3.05) is 7.11 Å². The van der Waals surface area contributed by atoms with Gasteiger partial charge in [-0.15, -0.1) is 5.73 Å². The van der Waals surface area contributed by atoms with Crippen LogP contribution in [0.2, 0.25) is 0 Å². The summed E-state index contributed by atoms with van der Waals surface area (Å²) in [7, 11) is 1.67. The molecule has 3 heteroatoms. The molecule has 0 unspecified atom stereocenters. The standard InChI is InChI=1S/C17H15BrOS/c1-13(14-3-5-15(18)6-4-14)11-12-20-17-9-7-16(19-2)8-10-17/h3-10,12H,1-2H3. The second-order valence-electron chi connectivity index (χ2n) is 4.19. The van der Waals surface area contributed by atoms with Crippen LogP contribution >= 0.6 is 27.7 Å². The summed E-state index contributed by atoms with van der Waals surface area (Å²) in [5.74, 6) is 0.875. The predicted molar refractivity (Wildman–Crippen MR) is 90.2 cm³/mol. The van der Waals surface area contributed by atoms with Gasteiger partial charge in [0, 0.05) is 14.8 Å². The van der Waals surface area contributed by atoms with Crippen molar-refractivity contribution >= 4 is 33.3 Å². The molecule has 0 aromatic heterocycles. The average molecular weight is 347 g/mol. The van der Waals surface area contributed by atoms with Gasteiger partial charge >= 0.3 is 0 Å². The number of methoxy groups -OCH3 is 1. The third kappa shape index (κ3) is 4.31. The van der Waals surface area contributed by atoms with E-state index in [4.69, 9.17) is 4.74 Å². The Morgan fingerprint density at radius 1 is 1.10 bits per heavy atom. The monoisotopic (exact) mass is 346 g/mol. The Kier molecular flexibility index (Phi) is 5.54. The molecule has 0 aliphatic carbocycles. The fourth-order valence-corrected chi connectivity index (χ4v) is 2.55. The van der Waals surface area contributed by atoms with Crippen molar-refractivity contribution in [3.63, 3.8) is 0 Å². The molecular weight excluding hydrogens is 332 g/mol. The van der Waals surface area contributed by atoms with Gasteiger partial charge in [-0.2, -0.15) is 0 Å². The Bertz CT molecular complexity index is 623. The van der Waals surface area contributed by atoms with Gasteiger partial charge in [0.25, 0.3) is 0 Å². The highest BCUT2D eigenvalue weighted by Crippen LogP contribution is 2.23. The van der Waals surface area contributed by atoms with Crippen LogP contribution in [0.4, 0.5) is 0 Å². The molecule has 0 N–H and O–H groups in total. The maximum absolute atomic E-state index is 5.14. The van der Waals surface area contributed by atoms with Gasteiger partial charge in [-0.3, -0.25) is 0 Å². The third-order valence-corrected chi connectivity index (χ3v) is 4.12. The molecule has 20 heavy (non-hydrogen) atoms. The van der Waals surface area contributed by atoms with E-state index in [9.17, 15) is 0 Å². The SMILES string of the molecule is COc1ccc(SC=C=C(C)c2ccc(Br)cc2)cc1. The molecule has 0 saturated carbocycles. The van der Waals surface area contributed by atoms with Crippen LogP contribution in [0.3, 0.4) is 0 Å². The lowest BCUT2D eigenvalue weighted by Gasteiger charge is -2.00. The van der Waals surface area contributed by atoms with Crippen molar-refractivity contribution in [3.8, 4) is 5.75 Å². The molecule has 0 bridgehead atoms. The summed E-state index contributed by atoms with van der Waals surface area (Å²) in [6, 6.07) is 16.2. The fraction of sp³-hybridized carbons (Fsp3) is 0.118. The van der Waals surface area contributed by atoms with Gasteiger partial charge in [0.2, 0.25) is 0 Å². The zero-order valence-corrected chi connectivity index (χ0v) is 13.8.